The van der Waals surface area contributed by atoms with Crippen LogP contribution in [0.15, 0.2) is 6.20 Å². The number of carbonyl (C=O) groups is 1. The van der Waals surface area contributed by atoms with Crippen molar-refractivity contribution in [1.82, 2.24) is 25.6 Å². The number of aromatic nitrogens is 3. The molecule has 1 fully saturated rings. The third kappa shape index (κ3) is 3.59. The molecule has 0 aliphatic carbocycles. The van der Waals surface area contributed by atoms with Crippen LogP contribution in [0.4, 0.5) is 0 Å². The summed E-state index contributed by atoms with van der Waals surface area (Å²) in [7, 11) is 0. The lowest BCUT2D eigenvalue weighted by atomic mass is 9.94. The summed E-state index contributed by atoms with van der Waals surface area (Å²) < 4.78 is 1.79. The number of aliphatic hydroxyl groups excluding tert-OH is 1. The van der Waals surface area contributed by atoms with E-state index in [1.165, 1.54) is 0 Å². The number of amides is 1. The van der Waals surface area contributed by atoms with Gasteiger partial charge in [-0.25, -0.2) is 4.68 Å². The Kier molecular flexibility index (Phi) is 5.30. The van der Waals surface area contributed by atoms with E-state index in [1.54, 1.807) is 10.9 Å². The molecule has 1 aromatic heterocycles. The number of hydrogen-bond donors (Lipinski definition) is 3. The van der Waals surface area contributed by atoms with Gasteiger partial charge in [-0.3, -0.25) is 4.79 Å². The van der Waals surface area contributed by atoms with Gasteiger partial charge >= 0.3 is 0 Å². The minimum Gasteiger partial charge on any atom is -0.394 e. The Bertz CT molecular complexity index is 455. The highest BCUT2D eigenvalue weighted by atomic mass is 16.3. The van der Waals surface area contributed by atoms with E-state index in [1.807, 2.05) is 13.8 Å². The maximum Gasteiger partial charge on any atom is 0.273 e. The van der Waals surface area contributed by atoms with E-state index >= 15 is 0 Å². The first-order valence-corrected chi connectivity index (χ1v) is 7.70. The second kappa shape index (κ2) is 7.00. The molecule has 1 aliphatic heterocycles. The van der Waals surface area contributed by atoms with Crippen LogP contribution >= 0.6 is 0 Å². The molecule has 2 rings (SSSR count). The number of carbonyl (C=O) groups excluding carboxylic acids is 1. The highest BCUT2D eigenvalue weighted by molar-refractivity contribution is 5.92. The second-order valence-electron chi connectivity index (χ2n) is 5.66. The summed E-state index contributed by atoms with van der Waals surface area (Å²) in [5.41, 5.74) is -0.261. The molecule has 21 heavy (non-hydrogen) atoms. The molecule has 0 bridgehead atoms. The van der Waals surface area contributed by atoms with E-state index in [0.29, 0.717) is 24.6 Å². The minimum atomic E-state index is -0.574. The fraction of sp³-hybridized carbons (Fsp3) is 0.786. The van der Waals surface area contributed by atoms with E-state index < -0.39 is 5.54 Å². The summed E-state index contributed by atoms with van der Waals surface area (Å²) >= 11 is 0. The molecule has 0 atom stereocenters. The Morgan fingerprint density at radius 1 is 1.48 bits per heavy atom. The molecule has 7 nitrogen and oxygen atoms in total. The van der Waals surface area contributed by atoms with E-state index in [4.69, 9.17) is 0 Å². The maximum atomic E-state index is 12.3. The predicted octanol–water partition coefficient (Wildman–Crippen LogP) is 0.484. The lowest BCUT2D eigenvalue weighted by Crippen LogP contribution is -2.50. The molecule has 2 heterocycles. The molecule has 0 saturated carbocycles. The Morgan fingerprint density at radius 2 is 2.14 bits per heavy atom. The summed E-state index contributed by atoms with van der Waals surface area (Å²) in [4.78, 5) is 12.3. The average Bonchev–Trinajstić information content (AvgIpc) is 3.04. The Morgan fingerprint density at radius 3 is 2.71 bits per heavy atom. The van der Waals surface area contributed by atoms with Crippen molar-refractivity contribution in [3.63, 3.8) is 0 Å². The fourth-order valence-corrected chi connectivity index (χ4v) is 2.63. The zero-order valence-corrected chi connectivity index (χ0v) is 12.8. The van der Waals surface area contributed by atoms with E-state index in [9.17, 15) is 9.90 Å². The molecule has 3 N–H and O–H groups in total. The largest absolute Gasteiger partial charge is 0.394 e. The average molecular weight is 295 g/mol. The second-order valence-corrected chi connectivity index (χ2v) is 5.66. The standard InChI is InChI=1S/C14H25N5O2/c1-3-14(4-2,10-20)16-13(21)12-9-19(18-17-12)11-5-7-15-8-6-11/h9,11,15,20H,3-8,10H2,1-2H3,(H,16,21). The minimum absolute atomic E-state index is 0.0752. The SMILES string of the molecule is CCC(CC)(CO)NC(=O)c1cn(C2CCNCC2)nn1. The van der Waals surface area contributed by atoms with Crippen molar-refractivity contribution in [3.8, 4) is 0 Å². The van der Waals surface area contributed by atoms with Gasteiger partial charge in [-0.05, 0) is 38.8 Å². The van der Waals surface area contributed by atoms with Crippen molar-refractivity contribution < 1.29 is 9.90 Å². The van der Waals surface area contributed by atoms with Gasteiger partial charge in [0.2, 0.25) is 0 Å². The van der Waals surface area contributed by atoms with Gasteiger partial charge in [0.25, 0.3) is 5.91 Å². The van der Waals surface area contributed by atoms with Crippen LogP contribution in [0.3, 0.4) is 0 Å². The molecule has 0 radical (unpaired) electrons. The van der Waals surface area contributed by atoms with Gasteiger partial charge in [0.1, 0.15) is 0 Å². The topological polar surface area (TPSA) is 92.1 Å². The van der Waals surface area contributed by atoms with Crippen LogP contribution in [0.1, 0.15) is 56.1 Å². The molecule has 0 aromatic carbocycles. The highest BCUT2D eigenvalue weighted by Gasteiger charge is 2.29. The van der Waals surface area contributed by atoms with Gasteiger partial charge in [-0.15, -0.1) is 5.10 Å². The van der Waals surface area contributed by atoms with Crippen LogP contribution in [0.2, 0.25) is 0 Å². The molecular formula is C14H25N5O2. The lowest BCUT2D eigenvalue weighted by Gasteiger charge is -2.30. The Labute approximate surface area is 125 Å². The molecule has 0 unspecified atom stereocenters. The summed E-state index contributed by atoms with van der Waals surface area (Å²) in [6.45, 7) is 5.75. The molecule has 7 heteroatoms. The van der Waals surface area contributed by atoms with Crippen LogP contribution in [-0.4, -0.2) is 51.2 Å². The number of piperidine rings is 1. The quantitative estimate of drug-likeness (QED) is 0.710. The summed E-state index contributed by atoms with van der Waals surface area (Å²) in [6.07, 6.45) is 5.05. The Hall–Kier alpha value is -1.47. The van der Waals surface area contributed by atoms with Gasteiger partial charge < -0.3 is 15.7 Å². The van der Waals surface area contributed by atoms with E-state index in [-0.39, 0.29) is 12.5 Å². The zero-order valence-electron chi connectivity index (χ0n) is 12.8. The molecule has 1 aliphatic rings. The number of aliphatic hydroxyl groups is 1. The summed E-state index contributed by atoms with van der Waals surface area (Å²) in [5.74, 6) is -0.270. The lowest BCUT2D eigenvalue weighted by molar-refractivity contribution is 0.0812. The van der Waals surface area contributed by atoms with Crippen LogP contribution in [0.25, 0.3) is 0 Å². The van der Waals surface area contributed by atoms with E-state index in [0.717, 1.165) is 25.9 Å². The third-order valence-electron chi connectivity index (χ3n) is 4.46. The van der Waals surface area contributed by atoms with Gasteiger partial charge in [0, 0.05) is 0 Å². The van der Waals surface area contributed by atoms with Crippen molar-refractivity contribution in [3.05, 3.63) is 11.9 Å². The van der Waals surface area contributed by atoms with Gasteiger partial charge in [0.05, 0.1) is 24.4 Å². The third-order valence-corrected chi connectivity index (χ3v) is 4.46. The molecule has 118 valence electrons. The summed E-state index contributed by atoms with van der Waals surface area (Å²) in [6, 6.07) is 0.306. The summed E-state index contributed by atoms with van der Waals surface area (Å²) in [5, 5.41) is 23.8. The number of hydrogen-bond acceptors (Lipinski definition) is 5. The Balaban J connectivity index is 2.04. The predicted molar refractivity (Wildman–Crippen MR) is 79.0 cm³/mol. The first-order chi connectivity index (χ1) is 10.1. The van der Waals surface area contributed by atoms with Crippen LogP contribution < -0.4 is 10.6 Å². The molecular weight excluding hydrogens is 270 g/mol. The normalized spacial score (nSPS) is 16.9. The molecule has 1 aromatic rings. The molecule has 1 saturated heterocycles. The number of nitrogens with zero attached hydrogens (tertiary/aromatic N) is 3. The number of rotatable bonds is 6. The molecule has 1 amide bonds. The van der Waals surface area contributed by atoms with Crippen molar-refractivity contribution in [1.29, 1.82) is 0 Å². The fourth-order valence-electron chi connectivity index (χ4n) is 2.63. The number of nitrogens with one attached hydrogen (secondary N) is 2. The van der Waals surface area contributed by atoms with Gasteiger partial charge in [-0.2, -0.15) is 0 Å². The maximum absolute atomic E-state index is 12.3. The zero-order chi connectivity index (χ0) is 15.3. The first kappa shape index (κ1) is 15.9. The first-order valence-electron chi connectivity index (χ1n) is 7.70. The smallest absolute Gasteiger partial charge is 0.273 e. The monoisotopic (exact) mass is 295 g/mol. The van der Waals surface area contributed by atoms with Crippen molar-refractivity contribution in [2.45, 2.75) is 51.1 Å². The van der Waals surface area contributed by atoms with Gasteiger partial charge in [-0.1, -0.05) is 19.1 Å². The van der Waals surface area contributed by atoms with Crippen LogP contribution in [0, 0.1) is 0 Å². The van der Waals surface area contributed by atoms with Gasteiger partial charge in [0.15, 0.2) is 5.69 Å². The van der Waals surface area contributed by atoms with Crippen molar-refractivity contribution in [2.24, 2.45) is 0 Å². The van der Waals surface area contributed by atoms with Crippen molar-refractivity contribution >= 4 is 5.91 Å². The van der Waals surface area contributed by atoms with Crippen LogP contribution in [-0.2, 0) is 0 Å². The van der Waals surface area contributed by atoms with E-state index in [2.05, 4.69) is 20.9 Å². The van der Waals surface area contributed by atoms with Crippen LogP contribution in [0.5, 0.6) is 0 Å². The molecule has 0 spiro atoms. The van der Waals surface area contributed by atoms with Crippen molar-refractivity contribution in [2.75, 3.05) is 19.7 Å². The highest BCUT2D eigenvalue weighted by Crippen LogP contribution is 2.18.